The van der Waals surface area contributed by atoms with Crippen molar-refractivity contribution in [3.8, 4) is 11.4 Å². The van der Waals surface area contributed by atoms with Crippen LogP contribution in [0.1, 0.15) is 59.6 Å². The summed E-state index contributed by atoms with van der Waals surface area (Å²) in [5.41, 5.74) is 4.93. The number of aromatic nitrogens is 2. The Morgan fingerprint density at radius 2 is 1.89 bits per heavy atom. The number of carboxylic acid groups (broad SMARTS) is 1. The molecule has 0 saturated heterocycles. The predicted octanol–water partition coefficient (Wildman–Crippen LogP) is 5.54. The van der Waals surface area contributed by atoms with E-state index in [0.717, 1.165) is 40.9 Å². The SMILES string of the molecule is Cc1ccc(CC(NC(=O)c2ccc3c(c2)nc(-c2ccoc2)n3C2CCCCC2)C(=O)O)cc1. The summed E-state index contributed by atoms with van der Waals surface area (Å²) in [5, 5.41) is 12.4. The number of hydrogen-bond acceptors (Lipinski definition) is 4. The number of furan rings is 1. The van der Waals surface area contributed by atoms with E-state index in [1.807, 2.05) is 43.3 Å². The average Bonchev–Trinajstić information content (AvgIpc) is 3.53. The minimum atomic E-state index is -1.07. The molecule has 2 N–H and O–H groups in total. The third-order valence-electron chi connectivity index (χ3n) is 6.83. The van der Waals surface area contributed by atoms with Crippen LogP contribution in [0.3, 0.4) is 0 Å². The van der Waals surface area contributed by atoms with E-state index in [1.54, 1.807) is 24.7 Å². The number of imidazole rings is 1. The molecule has 1 atom stereocenters. The second-order valence-electron chi connectivity index (χ2n) is 9.37. The van der Waals surface area contributed by atoms with Gasteiger partial charge < -0.3 is 19.4 Å². The van der Waals surface area contributed by atoms with Gasteiger partial charge in [0, 0.05) is 18.0 Å². The highest BCUT2D eigenvalue weighted by molar-refractivity contribution is 5.99. The van der Waals surface area contributed by atoms with Gasteiger partial charge in [-0.1, -0.05) is 49.1 Å². The quantitative estimate of drug-likeness (QED) is 0.369. The van der Waals surface area contributed by atoms with Gasteiger partial charge in [0.2, 0.25) is 0 Å². The van der Waals surface area contributed by atoms with Crippen LogP contribution in [0, 0.1) is 6.92 Å². The van der Waals surface area contributed by atoms with E-state index in [2.05, 4.69) is 9.88 Å². The third-order valence-corrected chi connectivity index (χ3v) is 6.83. The van der Waals surface area contributed by atoms with E-state index >= 15 is 0 Å². The van der Waals surface area contributed by atoms with Crippen molar-refractivity contribution in [1.82, 2.24) is 14.9 Å². The summed E-state index contributed by atoms with van der Waals surface area (Å²) in [6, 6.07) is 14.3. The van der Waals surface area contributed by atoms with E-state index in [9.17, 15) is 14.7 Å². The summed E-state index contributed by atoms with van der Waals surface area (Å²) in [7, 11) is 0. The van der Waals surface area contributed by atoms with Crippen LogP contribution in [-0.4, -0.2) is 32.6 Å². The molecular formula is C28H29N3O4. The van der Waals surface area contributed by atoms with Gasteiger partial charge in [-0.2, -0.15) is 0 Å². The number of rotatable bonds is 7. The zero-order chi connectivity index (χ0) is 24.4. The Bertz CT molecular complexity index is 1330. The van der Waals surface area contributed by atoms with Gasteiger partial charge in [-0.15, -0.1) is 0 Å². The molecule has 0 radical (unpaired) electrons. The van der Waals surface area contributed by atoms with E-state index in [0.29, 0.717) is 17.1 Å². The van der Waals surface area contributed by atoms with Crippen molar-refractivity contribution < 1.29 is 19.1 Å². The van der Waals surface area contributed by atoms with Crippen LogP contribution in [0.2, 0.25) is 0 Å². The Labute approximate surface area is 203 Å². The molecule has 1 fully saturated rings. The third kappa shape index (κ3) is 4.85. The number of aryl methyl sites for hydroxylation is 1. The first-order valence-electron chi connectivity index (χ1n) is 12.1. The van der Waals surface area contributed by atoms with Crippen LogP contribution in [0.15, 0.2) is 65.5 Å². The maximum absolute atomic E-state index is 13.0. The van der Waals surface area contributed by atoms with Crippen LogP contribution in [0.5, 0.6) is 0 Å². The molecule has 180 valence electrons. The van der Waals surface area contributed by atoms with Gasteiger partial charge in [-0.3, -0.25) is 4.79 Å². The van der Waals surface area contributed by atoms with E-state index < -0.39 is 17.9 Å². The van der Waals surface area contributed by atoms with E-state index in [-0.39, 0.29) is 6.42 Å². The van der Waals surface area contributed by atoms with Gasteiger partial charge in [-0.05, 0) is 49.6 Å². The fourth-order valence-corrected chi connectivity index (χ4v) is 4.95. The zero-order valence-electron chi connectivity index (χ0n) is 19.7. The van der Waals surface area contributed by atoms with E-state index in [1.165, 1.54) is 19.3 Å². The summed E-state index contributed by atoms with van der Waals surface area (Å²) in [5.74, 6) is -0.659. The van der Waals surface area contributed by atoms with Gasteiger partial charge in [0.1, 0.15) is 18.1 Å². The number of carboxylic acids is 1. The fraction of sp³-hybridized carbons (Fsp3) is 0.321. The molecule has 2 aromatic carbocycles. The van der Waals surface area contributed by atoms with Crippen LogP contribution >= 0.6 is 0 Å². The Morgan fingerprint density at radius 1 is 1.11 bits per heavy atom. The monoisotopic (exact) mass is 471 g/mol. The standard InChI is InChI=1S/C28H29N3O4/c1-18-7-9-19(10-8-18)15-24(28(33)34)30-27(32)20-11-12-25-23(16-20)29-26(21-13-14-35-17-21)31(25)22-5-3-2-4-6-22/h7-14,16-17,22,24H,2-6,15H2,1H3,(H,30,32)(H,33,34). The first kappa shape index (κ1) is 22.9. The molecule has 1 amide bonds. The molecule has 7 heteroatoms. The maximum atomic E-state index is 13.0. The molecule has 4 aromatic rings. The van der Waals surface area contributed by atoms with Gasteiger partial charge >= 0.3 is 5.97 Å². The van der Waals surface area contributed by atoms with Crippen LogP contribution in [0.4, 0.5) is 0 Å². The molecule has 1 saturated carbocycles. The number of amides is 1. The minimum absolute atomic E-state index is 0.213. The lowest BCUT2D eigenvalue weighted by molar-refractivity contribution is -0.139. The highest BCUT2D eigenvalue weighted by Gasteiger charge is 2.25. The van der Waals surface area contributed by atoms with Gasteiger partial charge in [0.15, 0.2) is 0 Å². The second kappa shape index (κ2) is 9.78. The highest BCUT2D eigenvalue weighted by atomic mass is 16.4. The van der Waals surface area contributed by atoms with Crippen LogP contribution < -0.4 is 5.32 Å². The smallest absolute Gasteiger partial charge is 0.326 e. The number of carbonyl (C=O) groups is 2. The molecular weight excluding hydrogens is 442 g/mol. The predicted molar refractivity (Wildman–Crippen MR) is 133 cm³/mol. The molecule has 0 bridgehead atoms. The first-order chi connectivity index (χ1) is 17.0. The summed E-state index contributed by atoms with van der Waals surface area (Å²) in [4.78, 5) is 29.8. The largest absolute Gasteiger partial charge is 0.480 e. The second-order valence-corrected chi connectivity index (χ2v) is 9.37. The van der Waals surface area contributed by atoms with Crippen molar-refractivity contribution >= 4 is 22.9 Å². The number of carbonyl (C=O) groups excluding carboxylic acids is 1. The molecule has 0 aliphatic heterocycles. The van der Waals surface area contributed by atoms with E-state index in [4.69, 9.17) is 9.40 Å². The Kier molecular flexibility index (Phi) is 6.40. The lowest BCUT2D eigenvalue weighted by Crippen LogP contribution is -2.42. The molecule has 2 aromatic heterocycles. The first-order valence-corrected chi connectivity index (χ1v) is 12.1. The van der Waals surface area contributed by atoms with Gasteiger partial charge in [-0.25, -0.2) is 9.78 Å². The Balaban J connectivity index is 1.43. The molecule has 1 unspecified atom stereocenters. The summed E-state index contributed by atoms with van der Waals surface area (Å²) < 4.78 is 7.59. The normalized spacial score (nSPS) is 15.2. The maximum Gasteiger partial charge on any atom is 0.326 e. The number of fused-ring (bicyclic) bond motifs is 1. The number of aliphatic carboxylic acids is 1. The van der Waals surface area contributed by atoms with Crippen molar-refractivity contribution in [3.63, 3.8) is 0 Å². The lowest BCUT2D eigenvalue weighted by atomic mass is 9.95. The van der Waals surface area contributed by atoms with Crippen molar-refractivity contribution in [2.75, 3.05) is 0 Å². The Hall–Kier alpha value is -3.87. The number of hydrogen-bond donors (Lipinski definition) is 2. The molecule has 2 heterocycles. The molecule has 1 aliphatic carbocycles. The van der Waals surface area contributed by atoms with Crippen LogP contribution in [-0.2, 0) is 11.2 Å². The number of nitrogens with one attached hydrogen (secondary N) is 1. The molecule has 7 nitrogen and oxygen atoms in total. The summed E-state index contributed by atoms with van der Waals surface area (Å²) >= 11 is 0. The molecule has 1 aliphatic rings. The number of nitrogens with zero attached hydrogens (tertiary/aromatic N) is 2. The molecule has 35 heavy (non-hydrogen) atoms. The highest BCUT2D eigenvalue weighted by Crippen LogP contribution is 2.36. The number of benzene rings is 2. The lowest BCUT2D eigenvalue weighted by Gasteiger charge is -2.25. The van der Waals surface area contributed by atoms with Crippen molar-refractivity contribution in [1.29, 1.82) is 0 Å². The minimum Gasteiger partial charge on any atom is -0.480 e. The molecule has 0 spiro atoms. The van der Waals surface area contributed by atoms with Gasteiger partial charge in [0.05, 0.1) is 22.9 Å². The Morgan fingerprint density at radius 3 is 2.57 bits per heavy atom. The topological polar surface area (TPSA) is 97.4 Å². The average molecular weight is 472 g/mol. The van der Waals surface area contributed by atoms with Crippen molar-refractivity contribution in [2.24, 2.45) is 0 Å². The van der Waals surface area contributed by atoms with Crippen molar-refractivity contribution in [2.45, 2.75) is 57.5 Å². The van der Waals surface area contributed by atoms with Gasteiger partial charge in [0.25, 0.3) is 5.91 Å². The summed E-state index contributed by atoms with van der Waals surface area (Å²) in [6.45, 7) is 1.98. The van der Waals surface area contributed by atoms with Crippen LogP contribution in [0.25, 0.3) is 22.4 Å². The fourth-order valence-electron chi connectivity index (χ4n) is 4.95. The zero-order valence-corrected chi connectivity index (χ0v) is 19.7. The van der Waals surface area contributed by atoms with Crippen molar-refractivity contribution in [3.05, 3.63) is 77.7 Å². The summed E-state index contributed by atoms with van der Waals surface area (Å²) in [6.07, 6.45) is 9.36. The molecule has 5 rings (SSSR count).